The van der Waals surface area contributed by atoms with E-state index in [-0.39, 0.29) is 5.92 Å². The molecule has 1 atom stereocenters. The topological polar surface area (TPSA) is 91.5 Å². The molecule has 4 rings (SSSR count). The molecule has 1 aromatic carbocycles. The number of rotatable bonds is 2. The second-order valence-electron chi connectivity index (χ2n) is 7.10. The highest BCUT2D eigenvalue weighted by molar-refractivity contribution is 9.10. The number of aromatic nitrogens is 2. The molecule has 1 saturated heterocycles. The fourth-order valence-electron chi connectivity index (χ4n) is 4.05. The van der Waals surface area contributed by atoms with Crippen LogP contribution in [-0.4, -0.2) is 35.2 Å². The van der Waals surface area contributed by atoms with Crippen molar-refractivity contribution in [1.29, 1.82) is 10.5 Å². The molecule has 7 heteroatoms. The van der Waals surface area contributed by atoms with Crippen LogP contribution < -0.4 is 5.32 Å². The molecule has 6 nitrogen and oxygen atoms in total. The van der Waals surface area contributed by atoms with Gasteiger partial charge in [-0.25, -0.2) is 0 Å². The van der Waals surface area contributed by atoms with Gasteiger partial charge in [0.25, 0.3) is 0 Å². The summed E-state index contributed by atoms with van der Waals surface area (Å²) in [5.74, 6) is 0.900. The summed E-state index contributed by atoms with van der Waals surface area (Å²) >= 11 is 3.59. The highest BCUT2D eigenvalue weighted by atomic mass is 79.9. The van der Waals surface area contributed by atoms with E-state index in [2.05, 4.69) is 55.5 Å². The van der Waals surface area contributed by atoms with Crippen molar-refractivity contribution < 1.29 is 0 Å². The highest BCUT2D eigenvalue weighted by Gasteiger charge is 2.35. The number of fused-ring (bicyclic) bond motifs is 1. The number of hydrogen-bond acceptors (Lipinski definition) is 5. The maximum atomic E-state index is 10.1. The molecule has 2 aliphatic rings. The minimum absolute atomic E-state index is 0.248. The van der Waals surface area contributed by atoms with E-state index < -0.39 is 0 Å². The third kappa shape index (κ3) is 3.03. The SMILES string of the molecule is CN1CCC(C2=C(C#N)C(c3cccc(C#N)c3Br)c3cn[nH]c3N2)CC1. The Balaban J connectivity index is 1.86. The Morgan fingerprint density at radius 3 is 2.67 bits per heavy atom. The van der Waals surface area contributed by atoms with Crippen molar-refractivity contribution in [2.45, 2.75) is 18.8 Å². The van der Waals surface area contributed by atoms with Crippen molar-refractivity contribution in [3.8, 4) is 12.1 Å². The summed E-state index contributed by atoms with van der Waals surface area (Å²) in [5, 5.41) is 30.2. The number of aromatic amines is 1. The first-order valence-corrected chi connectivity index (χ1v) is 9.74. The third-order valence-corrected chi connectivity index (χ3v) is 6.41. The molecule has 1 fully saturated rings. The van der Waals surface area contributed by atoms with E-state index in [0.717, 1.165) is 53.0 Å². The van der Waals surface area contributed by atoms with Crippen molar-refractivity contribution in [3.63, 3.8) is 0 Å². The lowest BCUT2D eigenvalue weighted by Crippen LogP contribution is -2.34. The summed E-state index contributed by atoms with van der Waals surface area (Å²) in [6, 6.07) is 10.3. The Bertz CT molecular complexity index is 985. The lowest BCUT2D eigenvalue weighted by Gasteiger charge is -2.35. The predicted octanol–water partition coefficient (Wildman–Crippen LogP) is 3.72. The predicted molar refractivity (Wildman–Crippen MR) is 106 cm³/mol. The number of piperidine rings is 1. The van der Waals surface area contributed by atoms with E-state index in [1.54, 1.807) is 12.3 Å². The van der Waals surface area contributed by atoms with Gasteiger partial charge in [0.1, 0.15) is 11.9 Å². The lowest BCUT2D eigenvalue weighted by molar-refractivity contribution is 0.238. The Kier molecular flexibility index (Phi) is 4.73. The van der Waals surface area contributed by atoms with Gasteiger partial charge in [-0.3, -0.25) is 5.10 Å². The van der Waals surface area contributed by atoms with Crippen LogP contribution in [-0.2, 0) is 0 Å². The number of allylic oxidation sites excluding steroid dienone is 2. The van der Waals surface area contributed by atoms with Gasteiger partial charge in [-0.2, -0.15) is 15.6 Å². The van der Waals surface area contributed by atoms with Crippen molar-refractivity contribution in [1.82, 2.24) is 15.1 Å². The largest absolute Gasteiger partial charge is 0.343 e. The van der Waals surface area contributed by atoms with Crippen LogP contribution in [0.4, 0.5) is 5.82 Å². The van der Waals surface area contributed by atoms with E-state index in [1.165, 1.54) is 0 Å². The molecule has 1 aromatic heterocycles. The number of benzene rings is 1. The molecular weight excluding hydrogens is 404 g/mol. The normalized spacial score (nSPS) is 20.5. The molecule has 2 N–H and O–H groups in total. The molecule has 0 saturated carbocycles. The summed E-state index contributed by atoms with van der Waals surface area (Å²) < 4.78 is 0.738. The fraction of sp³-hybridized carbons (Fsp3) is 0.350. The Morgan fingerprint density at radius 2 is 1.96 bits per heavy atom. The minimum atomic E-state index is -0.248. The number of H-pyrrole nitrogens is 1. The number of likely N-dealkylation sites (tertiary alicyclic amines) is 1. The zero-order valence-electron chi connectivity index (χ0n) is 15.0. The second kappa shape index (κ2) is 7.19. The summed E-state index contributed by atoms with van der Waals surface area (Å²) in [6.07, 6.45) is 3.79. The second-order valence-corrected chi connectivity index (χ2v) is 7.89. The minimum Gasteiger partial charge on any atom is -0.343 e. The van der Waals surface area contributed by atoms with Crippen LogP contribution in [0.15, 0.2) is 40.1 Å². The van der Waals surface area contributed by atoms with Crippen LogP contribution in [0.2, 0.25) is 0 Å². The number of nitrogens with zero attached hydrogens (tertiary/aromatic N) is 4. The smallest absolute Gasteiger partial charge is 0.129 e. The molecule has 2 aliphatic heterocycles. The van der Waals surface area contributed by atoms with Gasteiger partial charge in [0.2, 0.25) is 0 Å². The molecule has 0 spiro atoms. The first-order valence-electron chi connectivity index (χ1n) is 8.95. The van der Waals surface area contributed by atoms with Crippen LogP contribution >= 0.6 is 15.9 Å². The monoisotopic (exact) mass is 422 g/mol. The first kappa shape index (κ1) is 17.8. The highest BCUT2D eigenvalue weighted by Crippen LogP contribution is 2.45. The summed E-state index contributed by atoms with van der Waals surface area (Å²) in [7, 11) is 2.13. The molecule has 1 unspecified atom stereocenters. The van der Waals surface area contributed by atoms with Gasteiger partial charge in [-0.1, -0.05) is 12.1 Å². The molecule has 3 heterocycles. The lowest BCUT2D eigenvalue weighted by atomic mass is 9.79. The van der Waals surface area contributed by atoms with Gasteiger partial charge < -0.3 is 10.2 Å². The molecule has 0 radical (unpaired) electrons. The molecule has 0 bridgehead atoms. The van der Waals surface area contributed by atoms with Crippen molar-refractivity contribution >= 4 is 21.7 Å². The quantitative estimate of drug-likeness (QED) is 0.768. The zero-order valence-corrected chi connectivity index (χ0v) is 16.5. The average molecular weight is 423 g/mol. The number of nitrogens with one attached hydrogen (secondary N) is 2. The van der Waals surface area contributed by atoms with E-state index in [0.29, 0.717) is 17.1 Å². The van der Waals surface area contributed by atoms with Gasteiger partial charge in [0, 0.05) is 21.7 Å². The Hall–Kier alpha value is -2.61. The Labute approximate surface area is 166 Å². The van der Waals surface area contributed by atoms with Crippen molar-refractivity contribution in [3.05, 3.63) is 56.8 Å². The maximum Gasteiger partial charge on any atom is 0.129 e. The first-order chi connectivity index (χ1) is 13.1. The van der Waals surface area contributed by atoms with Gasteiger partial charge >= 0.3 is 0 Å². The summed E-state index contributed by atoms with van der Waals surface area (Å²) in [4.78, 5) is 2.32. The number of halogens is 1. The van der Waals surface area contributed by atoms with Crippen LogP contribution in [0.5, 0.6) is 0 Å². The molecule has 136 valence electrons. The molecule has 2 aromatic rings. The van der Waals surface area contributed by atoms with Crippen molar-refractivity contribution in [2.75, 3.05) is 25.5 Å². The van der Waals surface area contributed by atoms with E-state index >= 15 is 0 Å². The summed E-state index contributed by atoms with van der Waals surface area (Å²) in [6.45, 7) is 2.03. The van der Waals surface area contributed by atoms with E-state index in [9.17, 15) is 10.5 Å². The molecule has 0 aliphatic carbocycles. The summed E-state index contributed by atoms with van der Waals surface area (Å²) in [5.41, 5.74) is 4.12. The molecule has 27 heavy (non-hydrogen) atoms. The number of nitriles is 2. The van der Waals surface area contributed by atoms with Crippen LogP contribution in [0.3, 0.4) is 0 Å². The van der Waals surface area contributed by atoms with E-state index in [1.807, 2.05) is 12.1 Å². The zero-order chi connectivity index (χ0) is 19.0. The van der Waals surface area contributed by atoms with Gasteiger partial charge in [0.05, 0.1) is 29.3 Å². The fourth-order valence-corrected chi connectivity index (χ4v) is 4.64. The molecule has 0 amide bonds. The molecular formula is C20H19BrN6. The third-order valence-electron chi connectivity index (χ3n) is 5.53. The van der Waals surface area contributed by atoms with Crippen molar-refractivity contribution in [2.24, 2.45) is 5.92 Å². The van der Waals surface area contributed by atoms with Crippen LogP contribution in [0, 0.1) is 28.6 Å². The standard InChI is InChI=1S/C20H19BrN6/c1-27-7-5-12(6-8-27)19-15(10-23)17(16-11-24-26-20(16)25-19)14-4-2-3-13(9-22)18(14)21/h2-4,11-12,17H,5-8H2,1H3,(H2,24,25,26). The number of hydrogen-bond donors (Lipinski definition) is 2. The van der Waals surface area contributed by atoms with Crippen LogP contribution in [0.25, 0.3) is 0 Å². The van der Waals surface area contributed by atoms with E-state index in [4.69, 9.17) is 0 Å². The average Bonchev–Trinajstić information content (AvgIpc) is 3.16. The van der Waals surface area contributed by atoms with Gasteiger partial charge in [0.15, 0.2) is 0 Å². The van der Waals surface area contributed by atoms with Gasteiger partial charge in [-0.15, -0.1) is 0 Å². The number of anilines is 1. The maximum absolute atomic E-state index is 10.1. The Morgan fingerprint density at radius 1 is 1.19 bits per heavy atom. The van der Waals surface area contributed by atoms with Crippen LogP contribution in [0.1, 0.15) is 35.4 Å². The van der Waals surface area contributed by atoms with Gasteiger partial charge in [-0.05, 0) is 60.5 Å².